The number of nitrogens with zero attached hydrogens (tertiary/aromatic N) is 1. The Hall–Kier alpha value is -2.68. The van der Waals surface area contributed by atoms with Gasteiger partial charge in [-0.2, -0.15) is 0 Å². The minimum absolute atomic E-state index is 0.192. The molecule has 1 amide bonds. The van der Waals surface area contributed by atoms with Crippen molar-refractivity contribution in [1.29, 1.82) is 0 Å². The molecule has 0 saturated carbocycles. The fourth-order valence-electron chi connectivity index (χ4n) is 2.19. The molecule has 0 aliphatic heterocycles. The smallest absolute Gasteiger partial charge is 0.274 e. The topological polar surface area (TPSA) is 42.0 Å². The molecule has 0 bridgehead atoms. The van der Waals surface area contributed by atoms with Gasteiger partial charge in [-0.1, -0.05) is 35.9 Å². The molecule has 0 saturated heterocycles. The molecule has 1 N–H and O–H groups in total. The first-order chi connectivity index (χ1) is 10.1. The molecule has 3 heteroatoms. The van der Waals surface area contributed by atoms with Gasteiger partial charge in [0.2, 0.25) is 0 Å². The van der Waals surface area contributed by atoms with Gasteiger partial charge in [-0.25, -0.2) is 4.98 Å². The molecule has 0 radical (unpaired) electrons. The lowest BCUT2D eigenvalue weighted by Crippen LogP contribution is -2.13. The van der Waals surface area contributed by atoms with Crippen LogP contribution in [0.25, 0.3) is 10.9 Å². The van der Waals surface area contributed by atoms with E-state index in [4.69, 9.17) is 0 Å². The molecule has 3 rings (SSSR count). The van der Waals surface area contributed by atoms with E-state index in [9.17, 15) is 4.79 Å². The van der Waals surface area contributed by atoms with Gasteiger partial charge < -0.3 is 5.32 Å². The summed E-state index contributed by atoms with van der Waals surface area (Å²) in [7, 11) is 0. The van der Waals surface area contributed by atoms with Crippen LogP contribution in [0.2, 0.25) is 0 Å². The number of carbonyl (C=O) groups excluding carboxylic acids is 1. The van der Waals surface area contributed by atoms with Gasteiger partial charge in [-0.05, 0) is 43.7 Å². The summed E-state index contributed by atoms with van der Waals surface area (Å²) >= 11 is 0. The van der Waals surface area contributed by atoms with E-state index in [1.165, 1.54) is 0 Å². The zero-order chi connectivity index (χ0) is 14.8. The molecular weight excluding hydrogens is 260 g/mol. The Balaban J connectivity index is 1.88. The summed E-state index contributed by atoms with van der Waals surface area (Å²) in [6.45, 7) is 4.03. The highest BCUT2D eigenvalue weighted by molar-refractivity contribution is 6.04. The highest BCUT2D eigenvalue weighted by Crippen LogP contribution is 2.16. The van der Waals surface area contributed by atoms with Crippen LogP contribution in [0.4, 0.5) is 5.69 Å². The fraction of sp³-hybridized carbons (Fsp3) is 0.111. The highest BCUT2D eigenvalue weighted by atomic mass is 16.1. The average Bonchev–Trinajstić information content (AvgIpc) is 2.48. The third-order valence-electron chi connectivity index (χ3n) is 3.39. The Labute approximate surface area is 123 Å². The first kappa shape index (κ1) is 13.3. The van der Waals surface area contributed by atoms with Crippen LogP contribution >= 0.6 is 0 Å². The molecule has 1 aromatic heterocycles. The molecule has 0 unspecified atom stereocenters. The number of amides is 1. The highest BCUT2D eigenvalue weighted by Gasteiger charge is 2.08. The normalized spacial score (nSPS) is 10.6. The summed E-state index contributed by atoms with van der Waals surface area (Å²) in [5, 5.41) is 3.90. The maximum atomic E-state index is 12.3. The largest absolute Gasteiger partial charge is 0.321 e. The average molecular weight is 276 g/mol. The zero-order valence-corrected chi connectivity index (χ0v) is 12.1. The summed E-state index contributed by atoms with van der Waals surface area (Å²) in [6.07, 6.45) is 0. The quantitative estimate of drug-likeness (QED) is 0.765. The predicted molar refractivity (Wildman–Crippen MR) is 85.6 cm³/mol. The maximum absolute atomic E-state index is 12.3. The van der Waals surface area contributed by atoms with E-state index in [0.717, 1.165) is 27.7 Å². The van der Waals surface area contributed by atoms with Gasteiger partial charge in [-0.15, -0.1) is 0 Å². The van der Waals surface area contributed by atoms with Crippen molar-refractivity contribution in [2.24, 2.45) is 0 Å². The number of aromatic nitrogens is 1. The summed E-state index contributed by atoms with van der Waals surface area (Å²) in [4.78, 5) is 16.7. The minimum atomic E-state index is -0.192. The lowest BCUT2D eigenvalue weighted by atomic mass is 10.1. The Morgan fingerprint density at radius 1 is 0.905 bits per heavy atom. The Kier molecular flexibility index (Phi) is 3.40. The van der Waals surface area contributed by atoms with Gasteiger partial charge in [0.15, 0.2) is 0 Å². The van der Waals surface area contributed by atoms with Crippen LogP contribution in [0.15, 0.2) is 54.6 Å². The number of pyridine rings is 1. The Bertz CT molecular complexity index is 807. The van der Waals surface area contributed by atoms with Crippen molar-refractivity contribution in [2.75, 3.05) is 5.32 Å². The van der Waals surface area contributed by atoms with Gasteiger partial charge >= 0.3 is 0 Å². The van der Waals surface area contributed by atoms with Crippen LogP contribution in [0.3, 0.4) is 0 Å². The van der Waals surface area contributed by atoms with Crippen LogP contribution in [-0.4, -0.2) is 10.9 Å². The Morgan fingerprint density at radius 3 is 2.33 bits per heavy atom. The molecule has 0 spiro atoms. The molecule has 104 valence electrons. The van der Waals surface area contributed by atoms with Gasteiger partial charge in [-0.3, -0.25) is 4.79 Å². The van der Waals surface area contributed by atoms with Gasteiger partial charge in [0.05, 0.1) is 5.52 Å². The molecule has 3 aromatic rings. The molecule has 21 heavy (non-hydrogen) atoms. The molecule has 0 atom stereocenters. The first-order valence-electron chi connectivity index (χ1n) is 6.87. The van der Waals surface area contributed by atoms with Crippen LogP contribution in [0.1, 0.15) is 21.6 Å². The number of hydrogen-bond acceptors (Lipinski definition) is 2. The number of hydrogen-bond donors (Lipinski definition) is 1. The number of anilines is 1. The molecule has 2 aromatic carbocycles. The van der Waals surface area contributed by atoms with Crippen molar-refractivity contribution < 1.29 is 4.79 Å². The van der Waals surface area contributed by atoms with Crippen molar-refractivity contribution in [3.63, 3.8) is 0 Å². The maximum Gasteiger partial charge on any atom is 0.274 e. The second kappa shape index (κ2) is 5.37. The first-order valence-corrected chi connectivity index (χ1v) is 6.87. The van der Waals surface area contributed by atoms with Crippen LogP contribution < -0.4 is 5.32 Å². The number of fused-ring (bicyclic) bond motifs is 1. The van der Waals surface area contributed by atoms with Gasteiger partial charge in [0.1, 0.15) is 5.69 Å². The van der Waals surface area contributed by atoms with Crippen LogP contribution in [0.5, 0.6) is 0 Å². The van der Waals surface area contributed by atoms with E-state index in [1.54, 1.807) is 6.07 Å². The second-order valence-electron chi connectivity index (χ2n) is 5.21. The van der Waals surface area contributed by atoms with Crippen molar-refractivity contribution in [1.82, 2.24) is 4.98 Å². The van der Waals surface area contributed by atoms with Crippen molar-refractivity contribution in [2.45, 2.75) is 13.8 Å². The summed E-state index contributed by atoms with van der Waals surface area (Å²) < 4.78 is 0. The summed E-state index contributed by atoms with van der Waals surface area (Å²) in [5.41, 5.74) is 4.33. The van der Waals surface area contributed by atoms with E-state index in [-0.39, 0.29) is 5.91 Å². The van der Waals surface area contributed by atoms with E-state index in [0.29, 0.717) is 5.69 Å². The molecule has 0 aliphatic rings. The van der Waals surface area contributed by atoms with Crippen LogP contribution in [-0.2, 0) is 0 Å². The summed E-state index contributed by atoms with van der Waals surface area (Å²) in [6, 6.07) is 17.4. The van der Waals surface area contributed by atoms with E-state index >= 15 is 0 Å². The van der Waals surface area contributed by atoms with Crippen LogP contribution in [0, 0.1) is 13.8 Å². The standard InChI is InChI=1S/C18H16N2O/c1-12-4-8-15(9-5-12)19-18(21)16-10-7-14-6-3-13(2)11-17(14)20-16/h3-11H,1-2H3,(H,19,21). The Morgan fingerprint density at radius 2 is 1.57 bits per heavy atom. The third-order valence-corrected chi connectivity index (χ3v) is 3.39. The summed E-state index contributed by atoms with van der Waals surface area (Å²) in [5.74, 6) is -0.192. The molecular formula is C18H16N2O. The van der Waals surface area contributed by atoms with E-state index in [2.05, 4.69) is 10.3 Å². The third kappa shape index (κ3) is 2.92. The molecule has 3 nitrogen and oxygen atoms in total. The number of nitrogens with one attached hydrogen (secondary N) is 1. The van der Waals surface area contributed by atoms with E-state index < -0.39 is 0 Å². The van der Waals surface area contributed by atoms with E-state index in [1.807, 2.05) is 62.4 Å². The number of aryl methyl sites for hydroxylation is 2. The predicted octanol–water partition coefficient (Wildman–Crippen LogP) is 4.10. The monoisotopic (exact) mass is 276 g/mol. The van der Waals surface area contributed by atoms with Crippen molar-refractivity contribution >= 4 is 22.5 Å². The lowest BCUT2D eigenvalue weighted by Gasteiger charge is -2.06. The number of carbonyl (C=O) groups is 1. The number of benzene rings is 2. The number of rotatable bonds is 2. The zero-order valence-electron chi connectivity index (χ0n) is 12.1. The van der Waals surface area contributed by atoms with Gasteiger partial charge in [0, 0.05) is 11.1 Å². The lowest BCUT2D eigenvalue weighted by molar-refractivity contribution is 0.102. The van der Waals surface area contributed by atoms with Crippen molar-refractivity contribution in [3.8, 4) is 0 Å². The molecule has 0 aliphatic carbocycles. The molecule has 0 fully saturated rings. The molecule has 1 heterocycles. The second-order valence-corrected chi connectivity index (χ2v) is 5.21. The fourth-order valence-corrected chi connectivity index (χ4v) is 2.19. The van der Waals surface area contributed by atoms with Crippen molar-refractivity contribution in [3.05, 3.63) is 71.4 Å². The van der Waals surface area contributed by atoms with Gasteiger partial charge in [0.25, 0.3) is 5.91 Å². The SMILES string of the molecule is Cc1ccc(NC(=O)c2ccc3ccc(C)cc3n2)cc1. The minimum Gasteiger partial charge on any atom is -0.321 e.